The van der Waals surface area contributed by atoms with Gasteiger partial charge in [-0.05, 0) is 79.3 Å². The van der Waals surface area contributed by atoms with E-state index in [-0.39, 0.29) is 18.2 Å². The minimum atomic E-state index is -0.774. The van der Waals surface area contributed by atoms with Crippen LogP contribution in [0.5, 0.6) is 5.75 Å². The molecule has 1 saturated heterocycles. The van der Waals surface area contributed by atoms with Gasteiger partial charge in [-0.2, -0.15) is 0 Å². The van der Waals surface area contributed by atoms with Crippen molar-refractivity contribution in [3.8, 4) is 17.6 Å². The van der Waals surface area contributed by atoms with Crippen molar-refractivity contribution in [1.82, 2.24) is 9.88 Å². The number of hydrogen-bond donors (Lipinski definition) is 1. The Morgan fingerprint density at radius 1 is 1.37 bits per heavy atom. The Kier molecular flexibility index (Phi) is 8.61. The lowest BCUT2D eigenvalue weighted by molar-refractivity contribution is -0.139. The van der Waals surface area contributed by atoms with Gasteiger partial charge < -0.3 is 9.84 Å². The highest BCUT2D eigenvalue weighted by Crippen LogP contribution is 2.33. The lowest BCUT2D eigenvalue weighted by Crippen LogP contribution is -2.41. The van der Waals surface area contributed by atoms with Gasteiger partial charge in [-0.3, -0.25) is 14.7 Å². The number of hydrogen-bond acceptors (Lipinski definition) is 5. The molecule has 0 aliphatic carbocycles. The molecule has 0 amide bonds. The van der Waals surface area contributed by atoms with Crippen molar-refractivity contribution < 1.29 is 19.0 Å². The first-order chi connectivity index (χ1) is 16.9. The van der Waals surface area contributed by atoms with E-state index in [1.807, 2.05) is 18.2 Å². The average molecular weight is 515 g/mol. The normalized spacial score (nSPS) is 18.3. The largest absolute Gasteiger partial charge is 0.497 e. The third kappa shape index (κ3) is 6.52. The van der Waals surface area contributed by atoms with E-state index in [9.17, 15) is 14.3 Å². The second-order valence-electron chi connectivity index (χ2n) is 8.90. The molecule has 0 saturated carbocycles. The molecular weight excluding hydrogens is 487 g/mol. The van der Waals surface area contributed by atoms with Crippen LogP contribution in [0.15, 0.2) is 35.8 Å². The minimum Gasteiger partial charge on any atom is -0.497 e. The van der Waals surface area contributed by atoms with E-state index in [2.05, 4.69) is 21.7 Å². The van der Waals surface area contributed by atoms with Crippen LogP contribution in [-0.4, -0.2) is 47.7 Å². The Hall–Kier alpha value is -2.66. The van der Waals surface area contributed by atoms with Gasteiger partial charge in [0.05, 0.1) is 24.2 Å². The Morgan fingerprint density at radius 3 is 2.97 bits per heavy atom. The molecule has 1 aliphatic rings. The van der Waals surface area contributed by atoms with Crippen LogP contribution >= 0.6 is 22.9 Å². The summed E-state index contributed by atoms with van der Waals surface area (Å²) >= 11 is 7.80. The summed E-state index contributed by atoms with van der Waals surface area (Å²) in [6.07, 6.45) is 5.40. The summed E-state index contributed by atoms with van der Waals surface area (Å²) in [6.45, 7) is 2.06. The molecule has 8 heteroatoms. The quantitative estimate of drug-likeness (QED) is 0.380. The van der Waals surface area contributed by atoms with Crippen LogP contribution in [0.1, 0.15) is 36.1 Å². The standard InChI is InChI=1S/C27H28ClFN2O3S/c1-34-20-7-8-25-22(15-20)21(23(28)16-30-25)5-2-4-18-9-12-31(17-19(18)14-27(32)33)11-3-6-26-24(29)10-13-35-26/h7-8,10,13,15-16,18-19H,2,4-5,9,11-12,14,17H2,1H3,(H,32,33)/t18-,19-/m1/s1. The minimum absolute atomic E-state index is 0.0614. The number of aromatic nitrogens is 1. The highest BCUT2D eigenvalue weighted by atomic mass is 35.5. The zero-order chi connectivity index (χ0) is 24.8. The maximum atomic E-state index is 13.6. The van der Waals surface area contributed by atoms with Gasteiger partial charge in [0.1, 0.15) is 16.4 Å². The number of carboxylic acid groups (broad SMARTS) is 1. The number of benzene rings is 1. The number of likely N-dealkylation sites (tertiary alicyclic amines) is 1. The zero-order valence-corrected chi connectivity index (χ0v) is 21.2. The first-order valence-corrected chi connectivity index (χ1v) is 13.0. The molecule has 184 valence electrons. The number of ether oxygens (including phenoxy) is 1. The molecular formula is C27H28ClFN2O3S. The molecule has 0 radical (unpaired) electrons. The van der Waals surface area contributed by atoms with Gasteiger partial charge >= 0.3 is 5.97 Å². The number of nitrogens with zero attached hydrogens (tertiary/aromatic N) is 2. The molecule has 0 bridgehead atoms. The number of piperidine rings is 1. The average Bonchev–Trinajstić information content (AvgIpc) is 3.25. The number of methoxy groups -OCH3 is 1. The molecule has 0 unspecified atom stereocenters. The number of rotatable bonds is 8. The molecule has 5 nitrogen and oxygen atoms in total. The van der Waals surface area contributed by atoms with E-state index in [4.69, 9.17) is 16.3 Å². The molecule has 1 fully saturated rings. The summed E-state index contributed by atoms with van der Waals surface area (Å²) < 4.78 is 18.9. The van der Waals surface area contributed by atoms with Gasteiger partial charge in [0, 0.05) is 24.5 Å². The van der Waals surface area contributed by atoms with Gasteiger partial charge in [0.2, 0.25) is 0 Å². The highest BCUT2D eigenvalue weighted by molar-refractivity contribution is 7.10. The molecule has 2 aromatic heterocycles. The van der Waals surface area contributed by atoms with Gasteiger partial charge in [0.25, 0.3) is 0 Å². The SMILES string of the molecule is COc1ccc2ncc(Cl)c(CCC[C@@H]3CCN(CC#Cc4sccc4F)C[C@H]3CC(=O)O)c2c1. The molecule has 3 heterocycles. The van der Waals surface area contributed by atoms with Crippen molar-refractivity contribution in [3.05, 3.63) is 57.1 Å². The number of carboxylic acids is 1. The number of fused-ring (bicyclic) bond motifs is 1. The van der Waals surface area contributed by atoms with Crippen molar-refractivity contribution in [1.29, 1.82) is 0 Å². The van der Waals surface area contributed by atoms with Gasteiger partial charge in [-0.15, -0.1) is 11.3 Å². The van der Waals surface area contributed by atoms with Gasteiger partial charge in [-0.1, -0.05) is 23.4 Å². The first kappa shape index (κ1) is 25.4. The topological polar surface area (TPSA) is 62.7 Å². The van der Waals surface area contributed by atoms with Crippen LogP contribution in [0.4, 0.5) is 4.39 Å². The lowest BCUT2D eigenvalue weighted by atomic mass is 9.80. The molecule has 1 aromatic carbocycles. The molecule has 0 spiro atoms. The number of halogens is 2. The lowest BCUT2D eigenvalue weighted by Gasteiger charge is -2.37. The fraction of sp³-hybridized carbons (Fsp3) is 0.407. The van der Waals surface area contributed by atoms with E-state index in [0.717, 1.165) is 54.4 Å². The molecule has 4 rings (SSSR count). The second-order valence-corrected chi connectivity index (χ2v) is 10.2. The number of pyridine rings is 1. The molecule has 1 N–H and O–H groups in total. The summed E-state index contributed by atoms with van der Waals surface area (Å²) in [5, 5.41) is 12.8. The summed E-state index contributed by atoms with van der Waals surface area (Å²) in [6, 6.07) is 7.21. The Labute approximate surface area is 213 Å². The van der Waals surface area contributed by atoms with Crippen molar-refractivity contribution in [2.45, 2.75) is 32.1 Å². The van der Waals surface area contributed by atoms with Gasteiger partial charge in [-0.25, -0.2) is 4.39 Å². The van der Waals surface area contributed by atoms with E-state index >= 15 is 0 Å². The third-order valence-corrected chi connectivity index (χ3v) is 7.80. The number of aryl methyl sites for hydroxylation is 1. The number of carbonyl (C=O) groups is 1. The summed E-state index contributed by atoms with van der Waals surface area (Å²) in [5.41, 5.74) is 1.93. The van der Waals surface area contributed by atoms with E-state index in [1.165, 1.54) is 17.4 Å². The fourth-order valence-corrected chi connectivity index (χ4v) is 5.75. The molecule has 35 heavy (non-hydrogen) atoms. The second kappa shape index (κ2) is 11.9. The van der Waals surface area contributed by atoms with Crippen molar-refractivity contribution in [2.75, 3.05) is 26.7 Å². The summed E-state index contributed by atoms with van der Waals surface area (Å²) in [4.78, 5) is 18.6. The van der Waals surface area contributed by atoms with E-state index in [1.54, 1.807) is 18.7 Å². The van der Waals surface area contributed by atoms with Crippen LogP contribution in [0.25, 0.3) is 10.9 Å². The Morgan fingerprint density at radius 2 is 2.23 bits per heavy atom. The van der Waals surface area contributed by atoms with Crippen LogP contribution in [-0.2, 0) is 11.2 Å². The Balaban J connectivity index is 1.38. The smallest absolute Gasteiger partial charge is 0.303 e. The predicted molar refractivity (Wildman–Crippen MR) is 138 cm³/mol. The van der Waals surface area contributed by atoms with E-state index in [0.29, 0.717) is 28.9 Å². The van der Waals surface area contributed by atoms with Crippen LogP contribution < -0.4 is 4.74 Å². The highest BCUT2D eigenvalue weighted by Gasteiger charge is 2.30. The maximum Gasteiger partial charge on any atom is 0.303 e. The number of aliphatic carboxylic acids is 1. The van der Waals surface area contributed by atoms with Crippen molar-refractivity contribution >= 4 is 39.8 Å². The summed E-state index contributed by atoms with van der Waals surface area (Å²) in [7, 11) is 1.64. The predicted octanol–water partition coefficient (Wildman–Crippen LogP) is 5.88. The number of thiophene rings is 1. The molecule has 3 aromatic rings. The monoisotopic (exact) mass is 514 g/mol. The maximum absolute atomic E-state index is 13.6. The van der Waals surface area contributed by atoms with Crippen LogP contribution in [0.3, 0.4) is 0 Å². The third-order valence-electron chi connectivity index (χ3n) is 6.67. The fourth-order valence-electron chi connectivity index (χ4n) is 4.87. The summed E-state index contributed by atoms with van der Waals surface area (Å²) in [5.74, 6) is 6.04. The molecule has 1 aliphatic heterocycles. The van der Waals surface area contributed by atoms with Crippen LogP contribution in [0.2, 0.25) is 5.02 Å². The van der Waals surface area contributed by atoms with Crippen molar-refractivity contribution in [2.24, 2.45) is 11.8 Å². The van der Waals surface area contributed by atoms with Crippen LogP contribution in [0, 0.1) is 29.5 Å². The zero-order valence-electron chi connectivity index (χ0n) is 19.6. The van der Waals surface area contributed by atoms with Crippen molar-refractivity contribution in [3.63, 3.8) is 0 Å². The molecule has 2 atom stereocenters. The van der Waals surface area contributed by atoms with Gasteiger partial charge in [0.15, 0.2) is 0 Å². The van der Waals surface area contributed by atoms with E-state index < -0.39 is 5.97 Å². The Bertz CT molecular complexity index is 1250. The first-order valence-electron chi connectivity index (χ1n) is 11.7.